The van der Waals surface area contributed by atoms with E-state index in [1.165, 1.54) is 32.1 Å². The lowest BCUT2D eigenvalue weighted by atomic mass is 9.52. The normalized spacial score (nSPS) is 52.2. The van der Waals surface area contributed by atoms with E-state index in [0.717, 1.165) is 6.42 Å². The van der Waals surface area contributed by atoms with Crippen molar-refractivity contribution in [1.82, 2.24) is 0 Å². The predicted octanol–water partition coefficient (Wildman–Crippen LogP) is 3.13. The second-order valence-corrected chi connectivity index (χ2v) is 7.37. The average molecular weight is 238 g/mol. The number of hydrogen-bond donors (Lipinski definition) is 1. The van der Waals surface area contributed by atoms with E-state index in [9.17, 15) is 5.11 Å². The molecule has 1 aliphatic heterocycles. The second-order valence-electron chi connectivity index (χ2n) is 7.37. The van der Waals surface area contributed by atoms with Crippen LogP contribution in [0.15, 0.2) is 0 Å². The molecule has 2 nitrogen and oxygen atoms in total. The lowest BCUT2D eigenvalue weighted by Gasteiger charge is -2.55. The molecule has 2 heteroatoms. The van der Waals surface area contributed by atoms with Gasteiger partial charge < -0.3 is 9.84 Å². The highest BCUT2D eigenvalue weighted by molar-refractivity contribution is 5.15. The molecule has 2 saturated carbocycles. The topological polar surface area (TPSA) is 29.5 Å². The van der Waals surface area contributed by atoms with Gasteiger partial charge in [0.25, 0.3) is 0 Å². The summed E-state index contributed by atoms with van der Waals surface area (Å²) in [6.45, 7) is 7.22. The van der Waals surface area contributed by atoms with Gasteiger partial charge in [0.2, 0.25) is 0 Å². The summed E-state index contributed by atoms with van der Waals surface area (Å²) >= 11 is 0. The molecule has 1 N–H and O–H groups in total. The molecular formula is C15H26O2. The van der Waals surface area contributed by atoms with Gasteiger partial charge in [-0.25, -0.2) is 0 Å². The number of fused-ring (bicyclic) bond motifs is 1. The molecule has 4 atom stereocenters. The minimum absolute atomic E-state index is 0.0164. The Kier molecular flexibility index (Phi) is 2.45. The number of aliphatic hydroxyl groups is 1. The number of aliphatic hydroxyl groups excluding tert-OH is 1. The smallest absolute Gasteiger partial charge is 0.0796 e. The van der Waals surface area contributed by atoms with Crippen molar-refractivity contribution < 1.29 is 9.84 Å². The fourth-order valence-electron chi connectivity index (χ4n) is 5.02. The van der Waals surface area contributed by atoms with Crippen molar-refractivity contribution >= 4 is 0 Å². The largest absolute Gasteiger partial charge is 0.396 e. The Balaban J connectivity index is 2.03. The van der Waals surface area contributed by atoms with Crippen molar-refractivity contribution in [2.45, 2.75) is 70.5 Å². The van der Waals surface area contributed by atoms with Crippen molar-refractivity contribution in [3.8, 4) is 0 Å². The van der Waals surface area contributed by atoms with Crippen molar-refractivity contribution in [2.75, 3.05) is 6.61 Å². The zero-order valence-corrected chi connectivity index (χ0v) is 11.5. The van der Waals surface area contributed by atoms with Crippen molar-refractivity contribution in [3.05, 3.63) is 0 Å². The van der Waals surface area contributed by atoms with Gasteiger partial charge in [-0.2, -0.15) is 0 Å². The van der Waals surface area contributed by atoms with E-state index in [1.807, 2.05) is 0 Å². The molecule has 3 rings (SSSR count). The Morgan fingerprint density at radius 3 is 2.65 bits per heavy atom. The molecule has 0 aromatic rings. The van der Waals surface area contributed by atoms with Crippen LogP contribution in [0.4, 0.5) is 0 Å². The summed E-state index contributed by atoms with van der Waals surface area (Å²) < 4.78 is 6.61. The van der Waals surface area contributed by atoms with E-state index in [-0.39, 0.29) is 11.2 Å². The quantitative estimate of drug-likeness (QED) is 0.760. The zero-order valence-electron chi connectivity index (χ0n) is 11.5. The standard InChI is InChI=1S/C15H26O2/c1-13(2)11-6-8-14(3)7-4-5-12(10-16)15(14,9-11)17-13/h11-12,16H,4-10H2,1-3H3/t11-,12+,14+,15+/m1/s1. The van der Waals surface area contributed by atoms with Gasteiger partial charge in [0.05, 0.1) is 11.2 Å². The molecule has 0 unspecified atom stereocenters. The predicted molar refractivity (Wildman–Crippen MR) is 67.8 cm³/mol. The van der Waals surface area contributed by atoms with Crippen LogP contribution in [-0.2, 0) is 4.74 Å². The molecule has 2 aliphatic carbocycles. The van der Waals surface area contributed by atoms with Gasteiger partial charge in [0.15, 0.2) is 0 Å². The van der Waals surface area contributed by atoms with Crippen molar-refractivity contribution in [2.24, 2.45) is 17.3 Å². The fourth-order valence-corrected chi connectivity index (χ4v) is 5.02. The van der Waals surface area contributed by atoms with Gasteiger partial charge in [-0.15, -0.1) is 0 Å². The minimum atomic E-state index is -0.0214. The van der Waals surface area contributed by atoms with Gasteiger partial charge >= 0.3 is 0 Å². The van der Waals surface area contributed by atoms with Crippen LogP contribution in [0.1, 0.15) is 59.3 Å². The molecule has 0 aromatic carbocycles. The molecule has 1 heterocycles. The van der Waals surface area contributed by atoms with Crippen LogP contribution in [0.2, 0.25) is 0 Å². The van der Waals surface area contributed by atoms with Crippen LogP contribution >= 0.6 is 0 Å². The first-order chi connectivity index (χ1) is 7.94. The van der Waals surface area contributed by atoms with E-state index >= 15 is 0 Å². The highest BCUT2D eigenvalue weighted by Crippen LogP contribution is 2.65. The number of rotatable bonds is 1. The third-order valence-corrected chi connectivity index (χ3v) is 6.21. The minimum Gasteiger partial charge on any atom is -0.396 e. The Labute approximate surface area is 105 Å². The Bertz CT molecular complexity index is 325. The van der Waals surface area contributed by atoms with Gasteiger partial charge in [0.1, 0.15) is 0 Å². The molecule has 17 heavy (non-hydrogen) atoms. The maximum absolute atomic E-state index is 9.75. The van der Waals surface area contributed by atoms with E-state index in [2.05, 4.69) is 20.8 Å². The molecule has 3 fully saturated rings. The van der Waals surface area contributed by atoms with Crippen LogP contribution in [0.5, 0.6) is 0 Å². The summed E-state index contributed by atoms with van der Waals surface area (Å²) in [5.41, 5.74) is 0.303. The molecule has 2 bridgehead atoms. The highest BCUT2D eigenvalue weighted by Gasteiger charge is 2.65. The highest BCUT2D eigenvalue weighted by atomic mass is 16.5. The SMILES string of the molecule is CC1(C)O[C@]23C[C@H]1CC[C@]2(C)CCC[C@H]3CO. The molecule has 1 saturated heterocycles. The Hall–Kier alpha value is -0.0800. The third-order valence-electron chi connectivity index (χ3n) is 6.21. The maximum atomic E-state index is 9.75. The third kappa shape index (κ3) is 1.40. The summed E-state index contributed by atoms with van der Waals surface area (Å²) in [6, 6.07) is 0. The van der Waals surface area contributed by atoms with Crippen LogP contribution in [0, 0.1) is 17.3 Å². The van der Waals surface area contributed by atoms with Gasteiger partial charge in [-0.05, 0) is 57.3 Å². The molecule has 0 amide bonds. The van der Waals surface area contributed by atoms with Crippen LogP contribution in [0.25, 0.3) is 0 Å². The van der Waals surface area contributed by atoms with Crippen molar-refractivity contribution in [3.63, 3.8) is 0 Å². The average Bonchev–Trinajstić information content (AvgIpc) is 2.49. The van der Waals surface area contributed by atoms with Crippen LogP contribution in [0.3, 0.4) is 0 Å². The van der Waals surface area contributed by atoms with Crippen LogP contribution in [-0.4, -0.2) is 22.9 Å². The van der Waals surface area contributed by atoms with E-state index in [4.69, 9.17) is 4.74 Å². The molecule has 3 aliphatic rings. The number of ether oxygens (including phenoxy) is 1. The van der Waals surface area contributed by atoms with E-state index < -0.39 is 0 Å². The van der Waals surface area contributed by atoms with Gasteiger partial charge in [0, 0.05) is 12.5 Å². The van der Waals surface area contributed by atoms with Crippen LogP contribution < -0.4 is 0 Å². The molecule has 0 aromatic heterocycles. The fraction of sp³-hybridized carbons (Fsp3) is 1.00. The second kappa shape index (κ2) is 3.48. The first-order valence-corrected chi connectivity index (χ1v) is 7.25. The molecule has 98 valence electrons. The lowest BCUT2D eigenvalue weighted by molar-refractivity contribution is -0.203. The first-order valence-electron chi connectivity index (χ1n) is 7.25. The zero-order chi connectivity index (χ0) is 12.3. The van der Waals surface area contributed by atoms with Gasteiger partial charge in [-0.3, -0.25) is 0 Å². The Morgan fingerprint density at radius 2 is 1.94 bits per heavy atom. The van der Waals surface area contributed by atoms with Gasteiger partial charge in [-0.1, -0.05) is 13.3 Å². The summed E-state index contributed by atoms with van der Waals surface area (Å²) in [5, 5.41) is 9.75. The monoisotopic (exact) mass is 238 g/mol. The Morgan fingerprint density at radius 1 is 1.18 bits per heavy atom. The molecular weight excluding hydrogens is 212 g/mol. The maximum Gasteiger partial charge on any atom is 0.0796 e. The summed E-state index contributed by atoms with van der Waals surface area (Å²) in [4.78, 5) is 0. The first kappa shape index (κ1) is 12.0. The number of hydrogen-bond acceptors (Lipinski definition) is 2. The summed E-state index contributed by atoms with van der Waals surface area (Å²) in [6.07, 6.45) is 7.47. The lowest BCUT2D eigenvalue weighted by Crippen LogP contribution is -2.57. The van der Waals surface area contributed by atoms with E-state index in [1.54, 1.807) is 0 Å². The summed E-state index contributed by atoms with van der Waals surface area (Å²) in [5.74, 6) is 1.06. The molecule has 0 radical (unpaired) electrons. The van der Waals surface area contributed by atoms with Crippen molar-refractivity contribution in [1.29, 1.82) is 0 Å². The van der Waals surface area contributed by atoms with E-state index in [0.29, 0.717) is 23.9 Å². The molecule has 1 spiro atoms. The summed E-state index contributed by atoms with van der Waals surface area (Å²) in [7, 11) is 0.